The Labute approximate surface area is 120 Å². The maximum Gasteiger partial charge on any atom is 0.224 e. The van der Waals surface area contributed by atoms with Gasteiger partial charge < -0.3 is 15.7 Å². The molecule has 0 saturated carbocycles. The molecule has 1 heterocycles. The van der Waals surface area contributed by atoms with Crippen LogP contribution >= 0.6 is 0 Å². The highest BCUT2D eigenvalue weighted by atomic mass is 19.1. The number of aliphatic hydroxyl groups is 1. The SMILES string of the molecule is CCCNc1ncc(F)c(NC(CCO)C(C)(C)C)n1. The van der Waals surface area contributed by atoms with Crippen molar-refractivity contribution in [3.05, 3.63) is 12.0 Å². The van der Waals surface area contributed by atoms with Gasteiger partial charge in [0.2, 0.25) is 5.95 Å². The minimum Gasteiger partial charge on any atom is -0.396 e. The molecule has 0 spiro atoms. The molecule has 0 aliphatic rings. The number of nitrogens with one attached hydrogen (secondary N) is 2. The predicted molar refractivity (Wildman–Crippen MR) is 79.3 cm³/mol. The van der Waals surface area contributed by atoms with Crippen molar-refractivity contribution in [3.63, 3.8) is 0 Å². The fourth-order valence-corrected chi connectivity index (χ4v) is 1.81. The van der Waals surface area contributed by atoms with Gasteiger partial charge in [0, 0.05) is 19.2 Å². The molecule has 0 bridgehead atoms. The zero-order chi connectivity index (χ0) is 15.2. The second kappa shape index (κ2) is 7.38. The summed E-state index contributed by atoms with van der Waals surface area (Å²) in [6.45, 7) is 8.93. The lowest BCUT2D eigenvalue weighted by molar-refractivity contribution is 0.234. The summed E-state index contributed by atoms with van der Waals surface area (Å²) >= 11 is 0. The molecule has 0 aromatic carbocycles. The Morgan fingerprint density at radius 1 is 1.40 bits per heavy atom. The predicted octanol–water partition coefficient (Wildman–Crippen LogP) is 2.65. The van der Waals surface area contributed by atoms with Gasteiger partial charge in [0.05, 0.1) is 6.20 Å². The summed E-state index contributed by atoms with van der Waals surface area (Å²) in [5.41, 5.74) is -0.114. The molecule has 5 nitrogen and oxygen atoms in total. The molecule has 0 fully saturated rings. The molecule has 0 saturated heterocycles. The summed E-state index contributed by atoms with van der Waals surface area (Å²) < 4.78 is 13.8. The first-order chi connectivity index (χ1) is 9.38. The lowest BCUT2D eigenvalue weighted by Gasteiger charge is -2.31. The van der Waals surface area contributed by atoms with Crippen LogP contribution in [0.2, 0.25) is 0 Å². The smallest absolute Gasteiger partial charge is 0.224 e. The summed E-state index contributed by atoms with van der Waals surface area (Å²) in [6.07, 6.45) is 2.63. The molecule has 1 rings (SSSR count). The first-order valence-corrected chi connectivity index (χ1v) is 7.02. The summed E-state index contributed by atoms with van der Waals surface area (Å²) in [6, 6.07) is -0.0732. The Morgan fingerprint density at radius 3 is 2.65 bits per heavy atom. The average molecular weight is 284 g/mol. The largest absolute Gasteiger partial charge is 0.396 e. The van der Waals surface area contributed by atoms with Crippen LogP contribution in [0.1, 0.15) is 40.5 Å². The summed E-state index contributed by atoms with van der Waals surface area (Å²) in [7, 11) is 0. The molecule has 20 heavy (non-hydrogen) atoms. The zero-order valence-corrected chi connectivity index (χ0v) is 12.7. The highest BCUT2D eigenvalue weighted by Crippen LogP contribution is 2.26. The van der Waals surface area contributed by atoms with Crippen LogP contribution in [0.3, 0.4) is 0 Å². The maximum absolute atomic E-state index is 13.8. The van der Waals surface area contributed by atoms with Crippen molar-refractivity contribution in [2.24, 2.45) is 5.41 Å². The quantitative estimate of drug-likeness (QED) is 0.718. The molecule has 0 radical (unpaired) electrons. The third-order valence-electron chi connectivity index (χ3n) is 3.05. The van der Waals surface area contributed by atoms with Gasteiger partial charge in [-0.2, -0.15) is 4.98 Å². The van der Waals surface area contributed by atoms with Crippen molar-refractivity contribution in [3.8, 4) is 0 Å². The van der Waals surface area contributed by atoms with Gasteiger partial charge in [-0.3, -0.25) is 0 Å². The van der Waals surface area contributed by atoms with E-state index in [9.17, 15) is 4.39 Å². The normalized spacial score (nSPS) is 13.1. The molecular weight excluding hydrogens is 259 g/mol. The van der Waals surface area contributed by atoms with Crippen molar-refractivity contribution in [1.29, 1.82) is 0 Å². The van der Waals surface area contributed by atoms with Gasteiger partial charge >= 0.3 is 0 Å². The number of hydrogen-bond acceptors (Lipinski definition) is 5. The first-order valence-electron chi connectivity index (χ1n) is 7.02. The first kappa shape index (κ1) is 16.6. The van der Waals surface area contributed by atoms with Gasteiger partial charge in [0.25, 0.3) is 0 Å². The molecule has 1 unspecified atom stereocenters. The van der Waals surface area contributed by atoms with Crippen LogP contribution in [0.4, 0.5) is 16.2 Å². The summed E-state index contributed by atoms with van der Waals surface area (Å²) in [5, 5.41) is 15.2. The number of nitrogens with zero attached hydrogens (tertiary/aromatic N) is 2. The minimum atomic E-state index is -0.487. The number of aliphatic hydroxyl groups excluding tert-OH is 1. The Kier molecular flexibility index (Phi) is 6.13. The van der Waals surface area contributed by atoms with Gasteiger partial charge in [-0.15, -0.1) is 0 Å². The molecule has 114 valence electrons. The molecule has 1 aromatic rings. The Balaban J connectivity index is 2.88. The molecule has 1 atom stereocenters. The number of hydrogen-bond donors (Lipinski definition) is 3. The molecule has 1 aromatic heterocycles. The monoisotopic (exact) mass is 284 g/mol. The molecule has 0 aliphatic heterocycles. The van der Waals surface area contributed by atoms with Crippen LogP contribution in [0.5, 0.6) is 0 Å². The third-order valence-corrected chi connectivity index (χ3v) is 3.05. The van der Waals surface area contributed by atoms with Crippen molar-refractivity contribution >= 4 is 11.8 Å². The number of rotatable bonds is 7. The van der Waals surface area contributed by atoms with E-state index in [1.807, 2.05) is 27.7 Å². The molecule has 0 amide bonds. The van der Waals surface area contributed by atoms with Crippen LogP contribution in [0.25, 0.3) is 0 Å². The van der Waals surface area contributed by atoms with E-state index < -0.39 is 5.82 Å². The highest BCUT2D eigenvalue weighted by molar-refractivity contribution is 5.42. The maximum atomic E-state index is 13.8. The topological polar surface area (TPSA) is 70.1 Å². The van der Waals surface area contributed by atoms with Gasteiger partial charge in [0.1, 0.15) is 0 Å². The van der Waals surface area contributed by atoms with Gasteiger partial charge in [0.15, 0.2) is 11.6 Å². The third kappa shape index (κ3) is 4.92. The van der Waals surface area contributed by atoms with E-state index in [2.05, 4.69) is 20.6 Å². The molecule has 0 aliphatic carbocycles. The number of anilines is 2. The molecule has 3 N–H and O–H groups in total. The van der Waals surface area contributed by atoms with Crippen LogP contribution in [-0.2, 0) is 0 Å². The Hall–Kier alpha value is -1.43. The van der Waals surface area contributed by atoms with E-state index in [0.717, 1.165) is 19.2 Å². The fourth-order valence-electron chi connectivity index (χ4n) is 1.81. The van der Waals surface area contributed by atoms with Crippen molar-refractivity contribution in [2.45, 2.75) is 46.6 Å². The standard InChI is InChI=1S/C14H25FN4O/c1-5-7-16-13-17-9-10(15)12(19-13)18-11(6-8-20)14(2,3)4/h9,11,20H,5-8H2,1-4H3,(H2,16,17,18,19). The molecule has 6 heteroatoms. The van der Waals surface area contributed by atoms with Crippen LogP contribution < -0.4 is 10.6 Å². The van der Waals surface area contributed by atoms with E-state index in [0.29, 0.717) is 12.4 Å². The number of halogens is 1. The lowest BCUT2D eigenvalue weighted by Crippen LogP contribution is -2.35. The van der Waals surface area contributed by atoms with E-state index in [1.165, 1.54) is 0 Å². The highest BCUT2D eigenvalue weighted by Gasteiger charge is 2.25. The van der Waals surface area contributed by atoms with Gasteiger partial charge in [-0.05, 0) is 18.3 Å². The second-order valence-corrected chi connectivity index (χ2v) is 5.89. The average Bonchev–Trinajstić information content (AvgIpc) is 2.37. The van der Waals surface area contributed by atoms with Crippen molar-refractivity contribution in [1.82, 2.24) is 9.97 Å². The van der Waals surface area contributed by atoms with Crippen molar-refractivity contribution in [2.75, 3.05) is 23.8 Å². The van der Waals surface area contributed by atoms with Crippen molar-refractivity contribution < 1.29 is 9.50 Å². The van der Waals surface area contributed by atoms with Gasteiger partial charge in [-0.25, -0.2) is 9.37 Å². The Bertz CT molecular complexity index is 420. The molecular formula is C14H25FN4O. The fraction of sp³-hybridized carbons (Fsp3) is 0.714. The number of aromatic nitrogens is 2. The van der Waals surface area contributed by atoms with Gasteiger partial charge in [-0.1, -0.05) is 27.7 Å². The van der Waals surface area contributed by atoms with Crippen LogP contribution in [0, 0.1) is 11.2 Å². The minimum absolute atomic E-state index is 0.0442. The van der Waals surface area contributed by atoms with E-state index in [-0.39, 0.29) is 23.9 Å². The van der Waals surface area contributed by atoms with Crippen LogP contribution in [-0.4, -0.2) is 34.3 Å². The van der Waals surface area contributed by atoms with E-state index >= 15 is 0 Å². The second-order valence-electron chi connectivity index (χ2n) is 5.89. The Morgan fingerprint density at radius 2 is 2.10 bits per heavy atom. The van der Waals surface area contributed by atoms with Crippen LogP contribution in [0.15, 0.2) is 6.20 Å². The van der Waals surface area contributed by atoms with E-state index in [1.54, 1.807) is 0 Å². The zero-order valence-electron chi connectivity index (χ0n) is 12.7. The van der Waals surface area contributed by atoms with E-state index in [4.69, 9.17) is 5.11 Å². The lowest BCUT2D eigenvalue weighted by atomic mass is 9.85. The summed E-state index contributed by atoms with van der Waals surface area (Å²) in [4.78, 5) is 8.06. The summed E-state index contributed by atoms with van der Waals surface area (Å²) in [5.74, 6) is 0.0959.